The minimum Gasteiger partial charge on any atom is -0.372 e. The van der Waals surface area contributed by atoms with Gasteiger partial charge in [0, 0.05) is 18.8 Å². The van der Waals surface area contributed by atoms with E-state index < -0.39 is 11.7 Å². The van der Waals surface area contributed by atoms with Crippen molar-refractivity contribution in [2.45, 2.75) is 71.9 Å². The van der Waals surface area contributed by atoms with Gasteiger partial charge in [-0.05, 0) is 44.4 Å². The summed E-state index contributed by atoms with van der Waals surface area (Å²) in [6.45, 7) is 7.58. The summed E-state index contributed by atoms with van der Waals surface area (Å²) in [5, 5.41) is 0. The number of unbranched alkanes of at least 4 members (excludes halogenated alkanes) is 5. The van der Waals surface area contributed by atoms with Gasteiger partial charge in [0.1, 0.15) is 0 Å². The first-order valence-corrected chi connectivity index (χ1v) is 8.89. The summed E-state index contributed by atoms with van der Waals surface area (Å²) >= 11 is 0. The van der Waals surface area contributed by atoms with Gasteiger partial charge in [-0.3, -0.25) is 0 Å². The van der Waals surface area contributed by atoms with E-state index in [0.717, 1.165) is 38.0 Å². The fourth-order valence-corrected chi connectivity index (χ4v) is 3.05. The highest BCUT2D eigenvalue weighted by molar-refractivity contribution is 5.57. The molecule has 0 fully saturated rings. The molecular formula is C19H30F3N. The quantitative estimate of drug-likeness (QED) is 0.446. The number of alkyl halides is 3. The van der Waals surface area contributed by atoms with Crippen molar-refractivity contribution in [2.75, 3.05) is 18.0 Å². The van der Waals surface area contributed by atoms with Gasteiger partial charge in [-0.2, -0.15) is 13.2 Å². The van der Waals surface area contributed by atoms with Gasteiger partial charge in [0.25, 0.3) is 0 Å². The monoisotopic (exact) mass is 329 g/mol. The second-order valence-corrected chi connectivity index (χ2v) is 5.99. The first-order chi connectivity index (χ1) is 11.0. The van der Waals surface area contributed by atoms with E-state index in [4.69, 9.17) is 0 Å². The molecule has 0 aliphatic heterocycles. The number of halogens is 3. The highest BCUT2D eigenvalue weighted by atomic mass is 19.4. The molecule has 1 nitrogen and oxygen atoms in total. The van der Waals surface area contributed by atoms with Crippen molar-refractivity contribution in [2.24, 2.45) is 0 Å². The Morgan fingerprint density at radius 3 is 2.04 bits per heavy atom. The molecule has 1 aromatic carbocycles. The molecule has 0 amide bonds. The molecule has 0 bridgehead atoms. The van der Waals surface area contributed by atoms with Crippen LogP contribution in [0, 0.1) is 0 Å². The summed E-state index contributed by atoms with van der Waals surface area (Å²) in [5.41, 5.74) is 0.757. The number of benzene rings is 1. The lowest BCUT2D eigenvalue weighted by Crippen LogP contribution is -2.24. The molecule has 132 valence electrons. The first-order valence-electron chi connectivity index (χ1n) is 8.89. The molecule has 0 unspecified atom stereocenters. The number of hydrogen-bond donors (Lipinski definition) is 0. The van der Waals surface area contributed by atoms with Crippen molar-refractivity contribution in [1.29, 1.82) is 0 Å². The van der Waals surface area contributed by atoms with E-state index in [1.54, 1.807) is 0 Å². The zero-order valence-electron chi connectivity index (χ0n) is 14.7. The molecule has 4 heteroatoms. The van der Waals surface area contributed by atoms with E-state index in [1.807, 2.05) is 24.8 Å². The fourth-order valence-electron chi connectivity index (χ4n) is 3.05. The van der Waals surface area contributed by atoms with Crippen molar-refractivity contribution in [1.82, 2.24) is 0 Å². The third kappa shape index (κ3) is 6.08. The molecule has 0 heterocycles. The van der Waals surface area contributed by atoms with Crippen LogP contribution in [-0.2, 0) is 12.6 Å². The van der Waals surface area contributed by atoms with Crippen LogP contribution in [0.3, 0.4) is 0 Å². The average Bonchev–Trinajstić information content (AvgIpc) is 2.51. The third-order valence-corrected chi connectivity index (χ3v) is 4.34. The SMILES string of the molecule is CCCCCCCCc1c(N(CC)CC)cccc1C(F)(F)F. The summed E-state index contributed by atoms with van der Waals surface area (Å²) in [4.78, 5) is 2.02. The van der Waals surface area contributed by atoms with E-state index in [2.05, 4.69) is 6.92 Å². The Balaban J connectivity index is 2.91. The molecule has 0 radical (unpaired) electrons. The first kappa shape index (κ1) is 19.9. The van der Waals surface area contributed by atoms with Gasteiger partial charge in [0.05, 0.1) is 5.56 Å². The van der Waals surface area contributed by atoms with E-state index in [9.17, 15) is 13.2 Å². The number of hydrogen-bond acceptors (Lipinski definition) is 1. The lowest BCUT2D eigenvalue weighted by molar-refractivity contribution is -0.138. The molecule has 23 heavy (non-hydrogen) atoms. The van der Waals surface area contributed by atoms with E-state index in [-0.39, 0.29) is 0 Å². The van der Waals surface area contributed by atoms with Gasteiger partial charge in [-0.1, -0.05) is 45.1 Å². The van der Waals surface area contributed by atoms with Crippen molar-refractivity contribution < 1.29 is 13.2 Å². The van der Waals surface area contributed by atoms with Crippen LogP contribution in [-0.4, -0.2) is 13.1 Å². The highest BCUT2D eigenvalue weighted by Crippen LogP contribution is 2.37. The Bertz CT molecular complexity index is 450. The molecule has 0 aromatic heterocycles. The van der Waals surface area contributed by atoms with Gasteiger partial charge >= 0.3 is 6.18 Å². The van der Waals surface area contributed by atoms with Crippen LogP contribution in [0.4, 0.5) is 18.9 Å². The lowest BCUT2D eigenvalue weighted by Gasteiger charge is -2.26. The van der Waals surface area contributed by atoms with Crippen molar-refractivity contribution >= 4 is 5.69 Å². The van der Waals surface area contributed by atoms with Gasteiger partial charge in [-0.15, -0.1) is 0 Å². The number of rotatable bonds is 10. The largest absolute Gasteiger partial charge is 0.416 e. The predicted octanol–water partition coefficient (Wildman–Crippen LogP) is 6.45. The van der Waals surface area contributed by atoms with Crippen LogP contribution >= 0.6 is 0 Å². The van der Waals surface area contributed by atoms with Crippen LogP contribution in [0.5, 0.6) is 0 Å². The molecule has 0 spiro atoms. The molecule has 0 aliphatic rings. The minimum atomic E-state index is -4.28. The molecule has 1 aromatic rings. The van der Waals surface area contributed by atoms with Gasteiger partial charge in [0.15, 0.2) is 0 Å². The highest BCUT2D eigenvalue weighted by Gasteiger charge is 2.34. The predicted molar refractivity (Wildman–Crippen MR) is 92.1 cm³/mol. The summed E-state index contributed by atoms with van der Waals surface area (Å²) in [7, 11) is 0. The third-order valence-electron chi connectivity index (χ3n) is 4.34. The summed E-state index contributed by atoms with van der Waals surface area (Å²) in [5.74, 6) is 0. The fraction of sp³-hybridized carbons (Fsp3) is 0.684. The second kappa shape index (κ2) is 9.84. The van der Waals surface area contributed by atoms with Crippen molar-refractivity contribution in [3.63, 3.8) is 0 Å². The molecular weight excluding hydrogens is 299 g/mol. The van der Waals surface area contributed by atoms with Crippen molar-refractivity contribution in [3.05, 3.63) is 29.3 Å². The maximum atomic E-state index is 13.4. The average molecular weight is 329 g/mol. The minimum absolute atomic E-state index is 0.463. The van der Waals surface area contributed by atoms with E-state index in [1.165, 1.54) is 31.4 Å². The Morgan fingerprint density at radius 2 is 1.48 bits per heavy atom. The standard InChI is InChI=1S/C19H30F3N/c1-4-7-8-9-10-11-13-16-17(19(20,21)22)14-12-15-18(16)23(5-2)6-3/h12,14-15H,4-11,13H2,1-3H3. The maximum absolute atomic E-state index is 13.4. The van der Waals surface area contributed by atoms with Crippen molar-refractivity contribution in [3.8, 4) is 0 Å². The molecule has 0 aliphatic carbocycles. The zero-order chi connectivity index (χ0) is 17.3. The number of anilines is 1. The molecule has 0 saturated carbocycles. The van der Waals surface area contributed by atoms with Gasteiger partial charge in [0.2, 0.25) is 0 Å². The maximum Gasteiger partial charge on any atom is 0.416 e. The number of nitrogens with zero attached hydrogens (tertiary/aromatic N) is 1. The normalized spacial score (nSPS) is 11.7. The Labute approximate surface area is 138 Å². The van der Waals surface area contributed by atoms with E-state index >= 15 is 0 Å². The van der Waals surface area contributed by atoms with Crippen LogP contribution in [0.2, 0.25) is 0 Å². The van der Waals surface area contributed by atoms with E-state index in [0.29, 0.717) is 12.0 Å². The molecule has 0 atom stereocenters. The summed E-state index contributed by atoms with van der Waals surface area (Å²) in [6, 6.07) is 4.58. The van der Waals surface area contributed by atoms with Gasteiger partial charge < -0.3 is 4.90 Å². The van der Waals surface area contributed by atoms with Crippen LogP contribution in [0.25, 0.3) is 0 Å². The smallest absolute Gasteiger partial charge is 0.372 e. The lowest BCUT2D eigenvalue weighted by atomic mass is 9.97. The topological polar surface area (TPSA) is 3.24 Å². The Morgan fingerprint density at radius 1 is 0.870 bits per heavy atom. The van der Waals surface area contributed by atoms with Gasteiger partial charge in [-0.25, -0.2) is 0 Å². The molecule has 0 saturated heterocycles. The second-order valence-electron chi connectivity index (χ2n) is 5.99. The zero-order valence-corrected chi connectivity index (χ0v) is 14.7. The summed E-state index contributed by atoms with van der Waals surface area (Å²) < 4.78 is 40.1. The Kier molecular flexibility index (Phi) is 8.49. The van der Waals surface area contributed by atoms with Crippen LogP contribution < -0.4 is 4.90 Å². The Hall–Kier alpha value is -1.19. The molecule has 1 rings (SSSR count). The van der Waals surface area contributed by atoms with Crippen LogP contribution in [0.15, 0.2) is 18.2 Å². The van der Waals surface area contributed by atoms with Crippen LogP contribution in [0.1, 0.15) is 70.4 Å². The summed E-state index contributed by atoms with van der Waals surface area (Å²) in [6.07, 6.45) is 2.75. The molecule has 0 N–H and O–H groups in total.